The smallest absolute Gasteiger partial charge is 0.187 e. The van der Waals surface area contributed by atoms with E-state index in [4.69, 9.17) is 8.85 Å². The Labute approximate surface area is 83.3 Å². The second-order valence-electron chi connectivity index (χ2n) is 5.11. The van der Waals surface area contributed by atoms with Crippen molar-refractivity contribution in [3.63, 3.8) is 0 Å². The van der Waals surface area contributed by atoms with Gasteiger partial charge in [-0.05, 0) is 39.3 Å². The van der Waals surface area contributed by atoms with Crippen molar-refractivity contribution in [3.05, 3.63) is 0 Å². The highest BCUT2D eigenvalue weighted by molar-refractivity contribution is 6.70. The van der Waals surface area contributed by atoms with Gasteiger partial charge in [-0.25, -0.2) is 0 Å². The van der Waals surface area contributed by atoms with Gasteiger partial charge < -0.3 is 14.0 Å². The molecule has 0 fully saturated rings. The molecule has 0 bridgehead atoms. The Hall–Kier alpha value is 0.314. The zero-order valence-electron chi connectivity index (χ0n) is 9.55. The van der Waals surface area contributed by atoms with Gasteiger partial charge in [0, 0.05) is 0 Å². The fourth-order valence-electron chi connectivity index (χ4n) is 0.763. The molecule has 0 heterocycles. The van der Waals surface area contributed by atoms with Gasteiger partial charge in [0.05, 0.1) is 6.61 Å². The molecule has 5 heteroatoms. The molecule has 0 rings (SSSR count). The molecule has 0 aliphatic carbocycles. The maximum Gasteiger partial charge on any atom is 0.187 e. The highest BCUT2D eigenvalue weighted by Crippen LogP contribution is 2.08. The minimum atomic E-state index is -1.63. The number of aliphatic hydroxyl groups is 1. The van der Waals surface area contributed by atoms with Crippen LogP contribution in [-0.2, 0) is 8.85 Å². The Kier molecular flexibility index (Phi) is 4.81. The first-order chi connectivity index (χ1) is 5.60. The molecule has 0 aromatic heterocycles. The van der Waals surface area contributed by atoms with Crippen LogP contribution in [0, 0.1) is 0 Å². The standard InChI is InChI=1S/C8H22O3Si2/c1-12(2,3)10-7-8(9)11-13(4,5)6/h8-9H,7H2,1-6H3. The van der Waals surface area contributed by atoms with Gasteiger partial charge >= 0.3 is 0 Å². The maximum absolute atomic E-state index is 9.46. The first kappa shape index (κ1) is 13.3. The van der Waals surface area contributed by atoms with Crippen molar-refractivity contribution in [2.75, 3.05) is 6.61 Å². The van der Waals surface area contributed by atoms with Gasteiger partial charge in [-0.1, -0.05) is 0 Å². The predicted molar refractivity (Wildman–Crippen MR) is 59.7 cm³/mol. The normalized spacial score (nSPS) is 15.9. The molecule has 0 aromatic carbocycles. The third-order valence-corrected chi connectivity index (χ3v) is 3.16. The molecule has 0 spiro atoms. The van der Waals surface area contributed by atoms with Gasteiger partial charge in [-0.3, -0.25) is 0 Å². The molecule has 1 atom stereocenters. The van der Waals surface area contributed by atoms with Crippen LogP contribution in [-0.4, -0.2) is 34.6 Å². The van der Waals surface area contributed by atoms with Crippen LogP contribution in [0.1, 0.15) is 0 Å². The second-order valence-corrected chi connectivity index (χ2v) is 14.1. The Bertz CT molecular complexity index is 148. The summed E-state index contributed by atoms with van der Waals surface area (Å²) in [6, 6.07) is 0. The number of hydrogen-bond donors (Lipinski definition) is 1. The van der Waals surface area contributed by atoms with Crippen molar-refractivity contribution < 1.29 is 14.0 Å². The molecule has 0 aliphatic heterocycles. The summed E-state index contributed by atoms with van der Waals surface area (Å²) in [5.41, 5.74) is 0. The minimum Gasteiger partial charge on any atom is -0.413 e. The van der Waals surface area contributed by atoms with Crippen molar-refractivity contribution >= 4 is 16.6 Å². The fourth-order valence-corrected chi connectivity index (χ4v) is 2.29. The Morgan fingerprint density at radius 3 is 1.77 bits per heavy atom. The molecule has 1 unspecified atom stereocenters. The average Bonchev–Trinajstić information content (AvgIpc) is 1.78. The maximum atomic E-state index is 9.46. The van der Waals surface area contributed by atoms with E-state index in [2.05, 4.69) is 19.6 Å². The lowest BCUT2D eigenvalue weighted by Crippen LogP contribution is -2.37. The van der Waals surface area contributed by atoms with E-state index in [9.17, 15) is 5.11 Å². The predicted octanol–water partition coefficient (Wildman–Crippen LogP) is 2.01. The van der Waals surface area contributed by atoms with E-state index >= 15 is 0 Å². The quantitative estimate of drug-likeness (QED) is 0.571. The fraction of sp³-hybridized carbons (Fsp3) is 1.00. The van der Waals surface area contributed by atoms with Crippen LogP contribution in [0.25, 0.3) is 0 Å². The van der Waals surface area contributed by atoms with Crippen LogP contribution >= 0.6 is 0 Å². The van der Waals surface area contributed by atoms with E-state index in [1.165, 1.54) is 0 Å². The van der Waals surface area contributed by atoms with E-state index in [1.54, 1.807) is 0 Å². The molecule has 80 valence electrons. The lowest BCUT2D eigenvalue weighted by Gasteiger charge is -2.25. The van der Waals surface area contributed by atoms with Crippen LogP contribution in [0.4, 0.5) is 0 Å². The third-order valence-electron chi connectivity index (χ3n) is 1.15. The van der Waals surface area contributed by atoms with E-state index in [0.717, 1.165) is 0 Å². The first-order valence-electron chi connectivity index (χ1n) is 4.60. The number of rotatable bonds is 5. The zero-order valence-corrected chi connectivity index (χ0v) is 11.5. The average molecular weight is 222 g/mol. The Balaban J connectivity index is 3.70. The van der Waals surface area contributed by atoms with Gasteiger partial charge in [0.25, 0.3) is 0 Å². The summed E-state index contributed by atoms with van der Waals surface area (Å²) in [4.78, 5) is 0. The van der Waals surface area contributed by atoms with Crippen LogP contribution in [0.2, 0.25) is 39.3 Å². The summed E-state index contributed by atoms with van der Waals surface area (Å²) in [6.07, 6.45) is -0.751. The van der Waals surface area contributed by atoms with Gasteiger partial charge in [-0.15, -0.1) is 0 Å². The van der Waals surface area contributed by atoms with Crippen molar-refractivity contribution in [3.8, 4) is 0 Å². The first-order valence-corrected chi connectivity index (χ1v) is 11.4. The molecular weight excluding hydrogens is 200 g/mol. The van der Waals surface area contributed by atoms with Crippen LogP contribution in [0.15, 0.2) is 0 Å². The summed E-state index contributed by atoms with van der Waals surface area (Å²) < 4.78 is 10.9. The monoisotopic (exact) mass is 222 g/mol. The van der Waals surface area contributed by atoms with Crippen LogP contribution in [0.3, 0.4) is 0 Å². The molecule has 1 N–H and O–H groups in total. The summed E-state index contributed by atoms with van der Waals surface area (Å²) in [5, 5.41) is 9.46. The van der Waals surface area contributed by atoms with E-state index in [-0.39, 0.29) is 0 Å². The molecule has 0 saturated carbocycles. The van der Waals surface area contributed by atoms with E-state index in [0.29, 0.717) is 6.61 Å². The molecule has 0 saturated heterocycles. The van der Waals surface area contributed by atoms with E-state index < -0.39 is 22.9 Å². The van der Waals surface area contributed by atoms with Crippen molar-refractivity contribution in [2.45, 2.75) is 45.6 Å². The second kappa shape index (κ2) is 4.70. The molecule has 3 nitrogen and oxygen atoms in total. The van der Waals surface area contributed by atoms with Crippen LogP contribution in [0.5, 0.6) is 0 Å². The molecule has 0 aliphatic rings. The summed E-state index contributed by atoms with van der Waals surface area (Å²) >= 11 is 0. The Morgan fingerprint density at radius 1 is 1.00 bits per heavy atom. The number of aliphatic hydroxyl groups excluding tert-OH is 1. The minimum absolute atomic E-state index is 0.306. The molecular formula is C8H22O3Si2. The van der Waals surface area contributed by atoms with Gasteiger partial charge in [0.1, 0.15) is 0 Å². The third kappa shape index (κ3) is 10.2. The summed E-state index contributed by atoms with van der Waals surface area (Å²) in [5.74, 6) is 0. The molecule has 13 heavy (non-hydrogen) atoms. The topological polar surface area (TPSA) is 38.7 Å². The van der Waals surface area contributed by atoms with Crippen molar-refractivity contribution in [1.29, 1.82) is 0 Å². The van der Waals surface area contributed by atoms with Crippen molar-refractivity contribution in [1.82, 2.24) is 0 Å². The van der Waals surface area contributed by atoms with Gasteiger partial charge in [-0.2, -0.15) is 0 Å². The van der Waals surface area contributed by atoms with Crippen molar-refractivity contribution in [2.24, 2.45) is 0 Å². The highest BCUT2D eigenvalue weighted by atomic mass is 28.4. The summed E-state index contributed by atoms with van der Waals surface area (Å²) in [6.45, 7) is 12.7. The molecule has 0 aromatic rings. The largest absolute Gasteiger partial charge is 0.413 e. The molecule has 0 radical (unpaired) electrons. The van der Waals surface area contributed by atoms with Crippen LogP contribution < -0.4 is 0 Å². The number of hydrogen-bond acceptors (Lipinski definition) is 3. The molecule has 0 amide bonds. The SMILES string of the molecule is C[Si](C)(C)OCC(O)O[Si](C)(C)C. The summed E-state index contributed by atoms with van der Waals surface area (Å²) in [7, 11) is -3.15. The zero-order chi connectivity index (χ0) is 10.7. The van der Waals surface area contributed by atoms with E-state index in [1.807, 2.05) is 19.6 Å². The van der Waals surface area contributed by atoms with Gasteiger partial charge in [0.15, 0.2) is 22.9 Å². The Morgan fingerprint density at radius 2 is 1.46 bits per heavy atom. The highest BCUT2D eigenvalue weighted by Gasteiger charge is 2.22. The van der Waals surface area contributed by atoms with Gasteiger partial charge in [0.2, 0.25) is 0 Å². The lowest BCUT2D eigenvalue weighted by molar-refractivity contribution is -0.0557. The lowest BCUT2D eigenvalue weighted by atomic mass is 10.7.